The van der Waals surface area contributed by atoms with Crippen LogP contribution in [0.4, 0.5) is 5.69 Å². The highest BCUT2D eigenvalue weighted by atomic mass is 79.9. The number of carbonyl (C=O) groups excluding carboxylic acids is 1. The molecular weight excluding hydrogens is 354 g/mol. The van der Waals surface area contributed by atoms with Crippen molar-refractivity contribution >= 4 is 39.1 Å². The van der Waals surface area contributed by atoms with Crippen molar-refractivity contribution in [1.82, 2.24) is 0 Å². The van der Waals surface area contributed by atoms with Crippen molar-refractivity contribution in [3.05, 3.63) is 57.0 Å². The monoisotopic (exact) mass is 367 g/mol. The molecule has 110 valence electrons. The number of amides is 1. The maximum absolute atomic E-state index is 12.0. The van der Waals surface area contributed by atoms with E-state index in [0.29, 0.717) is 10.8 Å². The average Bonchev–Trinajstić information content (AvgIpc) is 2.42. The van der Waals surface area contributed by atoms with Gasteiger partial charge in [-0.25, -0.2) is 0 Å². The lowest BCUT2D eigenvalue weighted by Gasteiger charge is -2.11. The minimum atomic E-state index is -0.203. The molecule has 5 heteroatoms. The Bertz CT molecular complexity index is 673. The highest BCUT2D eigenvalue weighted by Crippen LogP contribution is 2.28. The Kier molecular flexibility index (Phi) is 5.26. The van der Waals surface area contributed by atoms with Crippen LogP contribution in [0, 0.1) is 13.8 Å². The Balaban J connectivity index is 1.97. The largest absolute Gasteiger partial charge is 0.483 e. The van der Waals surface area contributed by atoms with Crippen LogP contribution in [0.1, 0.15) is 11.1 Å². The van der Waals surface area contributed by atoms with Crippen LogP contribution in [-0.4, -0.2) is 12.5 Å². The van der Waals surface area contributed by atoms with Gasteiger partial charge in [0.15, 0.2) is 6.61 Å². The van der Waals surface area contributed by atoms with Gasteiger partial charge in [-0.15, -0.1) is 0 Å². The van der Waals surface area contributed by atoms with E-state index < -0.39 is 0 Å². The summed E-state index contributed by atoms with van der Waals surface area (Å²) in [4.78, 5) is 12.0. The number of ether oxygens (including phenoxy) is 1. The first-order valence-electron chi connectivity index (χ1n) is 6.40. The summed E-state index contributed by atoms with van der Waals surface area (Å²) in [6.07, 6.45) is 0. The van der Waals surface area contributed by atoms with E-state index in [-0.39, 0.29) is 12.5 Å². The number of carbonyl (C=O) groups is 1. The first-order chi connectivity index (χ1) is 9.95. The van der Waals surface area contributed by atoms with Gasteiger partial charge in [0.25, 0.3) is 5.91 Å². The smallest absolute Gasteiger partial charge is 0.262 e. The number of aryl methyl sites for hydroxylation is 2. The van der Waals surface area contributed by atoms with Gasteiger partial charge in [0.05, 0.1) is 4.47 Å². The van der Waals surface area contributed by atoms with Gasteiger partial charge in [-0.3, -0.25) is 4.79 Å². The fourth-order valence-electron chi connectivity index (χ4n) is 1.79. The minimum Gasteiger partial charge on any atom is -0.483 e. The van der Waals surface area contributed by atoms with Gasteiger partial charge >= 0.3 is 0 Å². The number of anilines is 1. The third-order valence-corrected chi connectivity index (χ3v) is 3.77. The Labute approximate surface area is 137 Å². The van der Waals surface area contributed by atoms with E-state index in [1.54, 1.807) is 18.2 Å². The summed E-state index contributed by atoms with van der Waals surface area (Å²) in [5, 5.41) is 3.45. The van der Waals surface area contributed by atoms with Crippen LogP contribution < -0.4 is 10.1 Å². The Hall–Kier alpha value is -1.52. The van der Waals surface area contributed by atoms with E-state index in [9.17, 15) is 4.79 Å². The van der Waals surface area contributed by atoms with Crippen molar-refractivity contribution in [3.8, 4) is 5.75 Å². The van der Waals surface area contributed by atoms with Gasteiger partial charge in [-0.05, 0) is 65.2 Å². The summed E-state index contributed by atoms with van der Waals surface area (Å²) in [7, 11) is 0. The molecule has 2 aromatic carbocycles. The van der Waals surface area contributed by atoms with E-state index >= 15 is 0 Å². The molecule has 0 aromatic heterocycles. The van der Waals surface area contributed by atoms with E-state index in [0.717, 1.165) is 21.3 Å². The number of hydrogen-bond acceptors (Lipinski definition) is 2. The molecule has 0 aliphatic rings. The van der Waals surface area contributed by atoms with Crippen LogP contribution in [0.5, 0.6) is 5.75 Å². The lowest BCUT2D eigenvalue weighted by atomic mass is 10.1. The van der Waals surface area contributed by atoms with Gasteiger partial charge in [-0.1, -0.05) is 23.7 Å². The van der Waals surface area contributed by atoms with Crippen LogP contribution in [0.3, 0.4) is 0 Å². The van der Waals surface area contributed by atoms with Crippen LogP contribution in [0.15, 0.2) is 40.9 Å². The van der Waals surface area contributed by atoms with Gasteiger partial charge in [0.2, 0.25) is 0 Å². The van der Waals surface area contributed by atoms with Crippen LogP contribution in [0.25, 0.3) is 0 Å². The number of rotatable bonds is 4. The van der Waals surface area contributed by atoms with Gasteiger partial charge < -0.3 is 10.1 Å². The summed E-state index contributed by atoms with van der Waals surface area (Å²) in [5.74, 6) is 0.376. The summed E-state index contributed by atoms with van der Waals surface area (Å²) in [6, 6.07) is 11.1. The van der Waals surface area contributed by atoms with Crippen LogP contribution in [-0.2, 0) is 4.79 Å². The molecule has 0 saturated carbocycles. The van der Waals surface area contributed by atoms with Gasteiger partial charge in [0.1, 0.15) is 5.75 Å². The second-order valence-corrected chi connectivity index (χ2v) is 6.02. The Morgan fingerprint density at radius 3 is 2.71 bits per heavy atom. The number of halogens is 2. The predicted octanol–water partition coefficient (Wildman–Crippen LogP) is 4.74. The lowest BCUT2D eigenvalue weighted by molar-refractivity contribution is -0.118. The summed E-state index contributed by atoms with van der Waals surface area (Å²) in [5.41, 5.74) is 2.91. The minimum absolute atomic E-state index is 0.0619. The molecule has 3 nitrogen and oxygen atoms in total. The van der Waals surface area contributed by atoms with Crippen molar-refractivity contribution in [2.24, 2.45) is 0 Å². The van der Waals surface area contributed by atoms with Crippen LogP contribution >= 0.6 is 27.5 Å². The fraction of sp³-hybridized carbons (Fsp3) is 0.188. The maximum Gasteiger partial charge on any atom is 0.262 e. The van der Waals surface area contributed by atoms with Crippen molar-refractivity contribution in [1.29, 1.82) is 0 Å². The van der Waals surface area contributed by atoms with E-state index in [1.165, 1.54) is 0 Å². The highest BCUT2D eigenvalue weighted by Gasteiger charge is 2.08. The molecule has 0 aliphatic carbocycles. The normalized spacial score (nSPS) is 10.3. The van der Waals surface area contributed by atoms with E-state index in [2.05, 4.69) is 21.2 Å². The van der Waals surface area contributed by atoms with E-state index in [4.69, 9.17) is 16.3 Å². The molecule has 2 aromatic rings. The highest BCUT2D eigenvalue weighted by molar-refractivity contribution is 9.10. The quantitative estimate of drug-likeness (QED) is 0.846. The molecule has 0 unspecified atom stereocenters. The summed E-state index contributed by atoms with van der Waals surface area (Å²) in [6.45, 7) is 3.87. The maximum atomic E-state index is 12.0. The van der Waals surface area contributed by atoms with Gasteiger partial charge in [-0.2, -0.15) is 0 Å². The Morgan fingerprint density at radius 1 is 1.24 bits per heavy atom. The molecule has 0 radical (unpaired) electrons. The average molecular weight is 369 g/mol. The molecule has 0 aliphatic heterocycles. The van der Waals surface area contributed by atoms with E-state index in [1.807, 2.05) is 32.0 Å². The predicted molar refractivity (Wildman–Crippen MR) is 89.2 cm³/mol. The zero-order valence-corrected chi connectivity index (χ0v) is 14.1. The number of nitrogens with one attached hydrogen (secondary N) is 1. The first-order valence-corrected chi connectivity index (χ1v) is 7.58. The number of hydrogen-bond donors (Lipinski definition) is 1. The third kappa shape index (κ3) is 4.48. The first kappa shape index (κ1) is 15.9. The summed E-state index contributed by atoms with van der Waals surface area (Å²) >= 11 is 9.20. The van der Waals surface area contributed by atoms with Crippen molar-refractivity contribution in [2.75, 3.05) is 11.9 Å². The molecule has 1 amide bonds. The molecule has 0 fully saturated rings. The van der Waals surface area contributed by atoms with Crippen LogP contribution in [0.2, 0.25) is 5.02 Å². The zero-order chi connectivity index (χ0) is 15.4. The lowest BCUT2D eigenvalue weighted by Crippen LogP contribution is -2.20. The second kappa shape index (κ2) is 6.96. The molecule has 0 heterocycles. The van der Waals surface area contributed by atoms with Crippen molar-refractivity contribution in [3.63, 3.8) is 0 Å². The van der Waals surface area contributed by atoms with Crippen molar-refractivity contribution < 1.29 is 9.53 Å². The molecule has 0 atom stereocenters. The topological polar surface area (TPSA) is 38.3 Å². The Morgan fingerprint density at radius 2 is 2.00 bits per heavy atom. The molecule has 1 N–H and O–H groups in total. The fourth-order valence-corrected chi connectivity index (χ4v) is 2.59. The number of benzene rings is 2. The molecule has 0 bridgehead atoms. The second-order valence-electron chi connectivity index (χ2n) is 4.73. The molecule has 2 rings (SSSR count). The molecule has 21 heavy (non-hydrogen) atoms. The zero-order valence-electron chi connectivity index (χ0n) is 11.7. The molecule has 0 saturated heterocycles. The standard InChI is InChI=1S/C16H15BrClNO2/c1-10-3-4-11(2)14(7-10)19-16(20)9-21-15-6-5-12(18)8-13(15)17/h3-8H,9H2,1-2H3,(H,19,20). The van der Waals surface area contributed by atoms with Gasteiger partial charge in [0, 0.05) is 10.7 Å². The van der Waals surface area contributed by atoms with Crippen molar-refractivity contribution in [2.45, 2.75) is 13.8 Å². The SMILES string of the molecule is Cc1ccc(C)c(NC(=O)COc2ccc(Cl)cc2Br)c1. The third-order valence-electron chi connectivity index (χ3n) is 2.92. The summed E-state index contributed by atoms with van der Waals surface area (Å²) < 4.78 is 6.20. The molecule has 0 spiro atoms. The molecular formula is C16H15BrClNO2.